The maximum atomic E-state index is 11.8. The molecule has 1 amide bonds. The molecule has 2 rings (SSSR count). The summed E-state index contributed by atoms with van der Waals surface area (Å²) in [5.74, 6) is 1.95. The van der Waals surface area contributed by atoms with Gasteiger partial charge in [-0.1, -0.05) is 18.6 Å². The number of halogens is 1. The molecule has 4 heteroatoms. The fourth-order valence-corrected chi connectivity index (χ4v) is 3.15. The number of rotatable bonds is 5. The topological polar surface area (TPSA) is 49.3 Å². The Hall–Kier alpha value is -1.22. The van der Waals surface area contributed by atoms with Crippen molar-refractivity contribution in [3.63, 3.8) is 0 Å². The van der Waals surface area contributed by atoms with Crippen LogP contribution in [-0.2, 0) is 11.2 Å². The summed E-state index contributed by atoms with van der Waals surface area (Å²) >= 11 is 5.92. The number of carbonyl (C=O) groups excluding carboxylic acids is 1. The molecule has 1 fully saturated rings. The van der Waals surface area contributed by atoms with E-state index in [1.165, 1.54) is 12.8 Å². The molecule has 2 unspecified atom stereocenters. The lowest BCUT2D eigenvalue weighted by Crippen LogP contribution is -2.32. The number of hydrogen-bond donors (Lipinski definition) is 2. The summed E-state index contributed by atoms with van der Waals surface area (Å²) in [6, 6.07) is 6.82. The van der Waals surface area contributed by atoms with Gasteiger partial charge in [0.2, 0.25) is 5.91 Å². The quantitative estimate of drug-likeness (QED) is 0.816. The Bertz CT molecular complexity index is 436. The van der Waals surface area contributed by atoms with E-state index < -0.39 is 0 Å². The second kappa shape index (κ2) is 6.80. The van der Waals surface area contributed by atoms with Crippen molar-refractivity contribution in [1.29, 1.82) is 0 Å². The highest BCUT2D eigenvalue weighted by atomic mass is 35.5. The summed E-state index contributed by atoms with van der Waals surface area (Å²) < 4.78 is 0. The van der Waals surface area contributed by atoms with Crippen molar-refractivity contribution in [1.82, 2.24) is 5.32 Å². The number of aromatic hydroxyl groups is 1. The van der Waals surface area contributed by atoms with E-state index in [0.717, 1.165) is 18.5 Å². The molecule has 0 saturated heterocycles. The molecule has 3 nitrogen and oxygen atoms in total. The Kier molecular flexibility index (Phi) is 5.08. The number of phenols is 1. The van der Waals surface area contributed by atoms with Crippen LogP contribution < -0.4 is 5.32 Å². The van der Waals surface area contributed by atoms with Crippen molar-refractivity contribution >= 4 is 17.5 Å². The van der Waals surface area contributed by atoms with Gasteiger partial charge in [-0.05, 0) is 42.4 Å². The van der Waals surface area contributed by atoms with E-state index in [0.29, 0.717) is 24.1 Å². The number of carbonyl (C=O) groups is 1. The molecule has 1 aromatic carbocycles. The van der Waals surface area contributed by atoms with Gasteiger partial charge in [-0.25, -0.2) is 0 Å². The first kappa shape index (κ1) is 14.2. The Morgan fingerprint density at radius 2 is 2.16 bits per heavy atom. The van der Waals surface area contributed by atoms with Crippen molar-refractivity contribution in [2.24, 2.45) is 11.8 Å². The van der Waals surface area contributed by atoms with E-state index in [1.54, 1.807) is 18.2 Å². The first-order chi connectivity index (χ1) is 9.19. The van der Waals surface area contributed by atoms with Crippen molar-refractivity contribution in [2.45, 2.75) is 25.7 Å². The molecule has 0 radical (unpaired) electrons. The zero-order chi connectivity index (χ0) is 13.7. The van der Waals surface area contributed by atoms with Crippen molar-refractivity contribution in [2.75, 3.05) is 12.4 Å². The Balaban J connectivity index is 1.78. The van der Waals surface area contributed by atoms with Crippen molar-refractivity contribution in [3.8, 4) is 5.75 Å². The zero-order valence-electron chi connectivity index (χ0n) is 10.9. The predicted molar refractivity (Wildman–Crippen MR) is 76.4 cm³/mol. The highest BCUT2D eigenvalue weighted by molar-refractivity contribution is 6.18. The van der Waals surface area contributed by atoms with Crippen LogP contribution in [0, 0.1) is 11.8 Å². The number of nitrogens with one attached hydrogen (secondary N) is 1. The number of benzene rings is 1. The lowest BCUT2D eigenvalue weighted by atomic mass is 9.98. The average Bonchev–Trinajstić information content (AvgIpc) is 2.83. The molecule has 2 atom stereocenters. The lowest BCUT2D eigenvalue weighted by Gasteiger charge is -2.17. The summed E-state index contributed by atoms with van der Waals surface area (Å²) in [6.45, 7) is 0.717. The second-order valence-corrected chi connectivity index (χ2v) is 5.56. The third-order valence-corrected chi connectivity index (χ3v) is 4.25. The van der Waals surface area contributed by atoms with E-state index >= 15 is 0 Å². The third-order valence-electron chi connectivity index (χ3n) is 3.85. The zero-order valence-corrected chi connectivity index (χ0v) is 11.7. The normalized spacial score (nSPS) is 22.4. The first-order valence-corrected chi connectivity index (χ1v) is 7.33. The summed E-state index contributed by atoms with van der Waals surface area (Å²) in [7, 11) is 0. The Labute approximate surface area is 119 Å². The van der Waals surface area contributed by atoms with Gasteiger partial charge < -0.3 is 10.4 Å². The molecule has 0 heterocycles. The van der Waals surface area contributed by atoms with E-state index in [9.17, 15) is 9.90 Å². The van der Waals surface area contributed by atoms with Crippen LogP contribution in [0.3, 0.4) is 0 Å². The van der Waals surface area contributed by atoms with Crippen LogP contribution in [0.15, 0.2) is 24.3 Å². The van der Waals surface area contributed by atoms with Crippen LogP contribution in [0.25, 0.3) is 0 Å². The van der Waals surface area contributed by atoms with Crippen LogP contribution in [0.1, 0.15) is 24.8 Å². The number of hydrogen-bond acceptors (Lipinski definition) is 2. The van der Waals surface area contributed by atoms with Crippen LogP contribution in [0.4, 0.5) is 0 Å². The van der Waals surface area contributed by atoms with Crippen molar-refractivity contribution in [3.05, 3.63) is 29.8 Å². The summed E-state index contributed by atoms with van der Waals surface area (Å²) in [5.41, 5.74) is 0.831. The minimum atomic E-state index is 0.00539. The SMILES string of the molecule is O=C(Cc1cccc(O)c1)NCC1CCCC1CCl. The largest absolute Gasteiger partial charge is 0.508 e. The first-order valence-electron chi connectivity index (χ1n) is 6.79. The number of phenolic OH excluding ortho intramolecular Hbond substituents is 1. The Morgan fingerprint density at radius 3 is 2.89 bits per heavy atom. The molecule has 1 saturated carbocycles. The van der Waals surface area contributed by atoms with E-state index in [1.807, 2.05) is 6.07 Å². The summed E-state index contributed by atoms with van der Waals surface area (Å²) in [4.78, 5) is 11.8. The van der Waals surface area contributed by atoms with Gasteiger partial charge in [0.1, 0.15) is 5.75 Å². The molecule has 1 aliphatic rings. The van der Waals surface area contributed by atoms with Gasteiger partial charge in [0, 0.05) is 12.4 Å². The smallest absolute Gasteiger partial charge is 0.224 e. The molecule has 19 heavy (non-hydrogen) atoms. The van der Waals surface area contributed by atoms with E-state index in [4.69, 9.17) is 11.6 Å². The summed E-state index contributed by atoms with van der Waals surface area (Å²) in [5, 5.41) is 12.3. The molecule has 1 aliphatic carbocycles. The van der Waals surface area contributed by atoms with Crippen LogP contribution in [0.2, 0.25) is 0 Å². The molecule has 0 aromatic heterocycles. The van der Waals surface area contributed by atoms with Crippen LogP contribution >= 0.6 is 11.6 Å². The minimum Gasteiger partial charge on any atom is -0.508 e. The highest BCUT2D eigenvalue weighted by Crippen LogP contribution is 2.31. The maximum absolute atomic E-state index is 11.8. The summed E-state index contributed by atoms with van der Waals surface area (Å²) in [6.07, 6.45) is 3.86. The maximum Gasteiger partial charge on any atom is 0.224 e. The molecule has 0 spiro atoms. The number of amides is 1. The van der Waals surface area contributed by atoms with E-state index in [2.05, 4.69) is 5.32 Å². The lowest BCUT2D eigenvalue weighted by molar-refractivity contribution is -0.120. The minimum absolute atomic E-state index is 0.00539. The molecular weight excluding hydrogens is 262 g/mol. The van der Waals surface area contributed by atoms with Gasteiger partial charge in [0.15, 0.2) is 0 Å². The average molecular weight is 282 g/mol. The fraction of sp³-hybridized carbons (Fsp3) is 0.533. The van der Waals surface area contributed by atoms with Crippen LogP contribution in [0.5, 0.6) is 5.75 Å². The fourth-order valence-electron chi connectivity index (χ4n) is 2.74. The molecule has 2 N–H and O–H groups in total. The molecule has 104 valence electrons. The molecular formula is C15H20ClNO2. The highest BCUT2D eigenvalue weighted by Gasteiger charge is 2.26. The van der Waals surface area contributed by atoms with E-state index in [-0.39, 0.29) is 11.7 Å². The third kappa shape index (κ3) is 4.13. The number of alkyl halides is 1. The second-order valence-electron chi connectivity index (χ2n) is 5.26. The molecule has 0 aliphatic heterocycles. The Morgan fingerprint density at radius 1 is 1.37 bits per heavy atom. The van der Waals surface area contributed by atoms with Gasteiger partial charge in [-0.3, -0.25) is 4.79 Å². The monoisotopic (exact) mass is 281 g/mol. The van der Waals surface area contributed by atoms with Gasteiger partial charge in [0.25, 0.3) is 0 Å². The molecule has 0 bridgehead atoms. The molecule has 1 aromatic rings. The predicted octanol–water partition coefficient (Wildman–Crippen LogP) is 2.71. The van der Waals surface area contributed by atoms with Gasteiger partial charge in [-0.15, -0.1) is 11.6 Å². The van der Waals surface area contributed by atoms with Gasteiger partial charge in [-0.2, -0.15) is 0 Å². The van der Waals surface area contributed by atoms with Crippen LogP contribution in [-0.4, -0.2) is 23.4 Å². The standard InChI is InChI=1S/C15H20ClNO2/c16-9-12-4-2-5-13(12)10-17-15(19)8-11-3-1-6-14(18)7-11/h1,3,6-7,12-13,18H,2,4-5,8-10H2,(H,17,19). The van der Waals surface area contributed by atoms with Gasteiger partial charge in [0.05, 0.1) is 6.42 Å². The van der Waals surface area contributed by atoms with Gasteiger partial charge >= 0.3 is 0 Å². The van der Waals surface area contributed by atoms with Crippen molar-refractivity contribution < 1.29 is 9.90 Å².